The molecule has 0 bridgehead atoms. The summed E-state index contributed by atoms with van der Waals surface area (Å²) in [5, 5.41) is 0. The van der Waals surface area contributed by atoms with Crippen LogP contribution in [-0.4, -0.2) is 4.98 Å². The van der Waals surface area contributed by atoms with Gasteiger partial charge in [0.2, 0.25) is 5.88 Å². The molecular formula is C12H11FN2O. The number of pyridine rings is 1. The Hall–Kier alpha value is -2.10. The van der Waals surface area contributed by atoms with Crippen molar-refractivity contribution in [2.75, 3.05) is 5.73 Å². The molecule has 0 unspecified atom stereocenters. The van der Waals surface area contributed by atoms with Crippen LogP contribution in [0.25, 0.3) is 0 Å². The van der Waals surface area contributed by atoms with E-state index in [2.05, 4.69) is 4.98 Å². The summed E-state index contributed by atoms with van der Waals surface area (Å²) in [6.45, 7) is 0.156. The number of nitrogens with zero attached hydrogens (tertiary/aromatic N) is 1. The molecule has 1 aromatic heterocycles. The molecule has 0 saturated carbocycles. The molecule has 2 N–H and O–H groups in total. The zero-order valence-electron chi connectivity index (χ0n) is 8.56. The summed E-state index contributed by atoms with van der Waals surface area (Å²) in [6.07, 6.45) is 1.50. The van der Waals surface area contributed by atoms with Gasteiger partial charge >= 0.3 is 0 Å². The molecule has 0 aliphatic carbocycles. The Morgan fingerprint density at radius 3 is 2.69 bits per heavy atom. The standard InChI is InChI=1S/C12H11FN2O/c13-11-4-2-1-3-9(11)8-16-12-6-5-10(14)7-15-12/h1-7H,8,14H2. The van der Waals surface area contributed by atoms with Crippen LogP contribution >= 0.6 is 0 Å². The van der Waals surface area contributed by atoms with Crippen LogP contribution in [0.5, 0.6) is 5.88 Å². The summed E-state index contributed by atoms with van der Waals surface area (Å²) >= 11 is 0. The predicted octanol–water partition coefficient (Wildman–Crippen LogP) is 2.38. The van der Waals surface area contributed by atoms with Crippen LogP contribution in [0, 0.1) is 5.82 Å². The second kappa shape index (κ2) is 4.61. The molecule has 0 fully saturated rings. The molecule has 0 amide bonds. The largest absolute Gasteiger partial charge is 0.473 e. The van der Waals surface area contributed by atoms with Crippen LogP contribution < -0.4 is 10.5 Å². The quantitative estimate of drug-likeness (QED) is 0.860. The molecule has 2 rings (SSSR count). The molecule has 2 aromatic rings. The summed E-state index contributed by atoms with van der Waals surface area (Å²) in [4.78, 5) is 3.95. The number of nitrogen functional groups attached to an aromatic ring is 1. The Kier molecular flexibility index (Phi) is 3.00. The maximum Gasteiger partial charge on any atom is 0.213 e. The van der Waals surface area contributed by atoms with Gasteiger partial charge in [0, 0.05) is 11.6 Å². The first-order valence-corrected chi connectivity index (χ1v) is 4.83. The summed E-state index contributed by atoms with van der Waals surface area (Å²) in [6, 6.07) is 9.81. The smallest absolute Gasteiger partial charge is 0.213 e. The van der Waals surface area contributed by atoms with Gasteiger partial charge in [-0.05, 0) is 12.1 Å². The highest BCUT2D eigenvalue weighted by atomic mass is 19.1. The van der Waals surface area contributed by atoms with E-state index < -0.39 is 0 Å². The number of nitrogens with two attached hydrogens (primary N) is 1. The van der Waals surface area contributed by atoms with Crippen LogP contribution in [0.4, 0.5) is 10.1 Å². The summed E-state index contributed by atoms with van der Waals surface area (Å²) in [7, 11) is 0. The summed E-state index contributed by atoms with van der Waals surface area (Å²) in [5.74, 6) is 0.149. The number of benzene rings is 1. The van der Waals surface area contributed by atoms with Gasteiger partial charge in [-0.15, -0.1) is 0 Å². The minimum absolute atomic E-state index is 0.156. The fourth-order valence-electron chi connectivity index (χ4n) is 1.24. The van der Waals surface area contributed by atoms with Gasteiger partial charge < -0.3 is 10.5 Å². The Morgan fingerprint density at radius 1 is 1.19 bits per heavy atom. The summed E-state index contributed by atoms with van der Waals surface area (Å²) in [5.41, 5.74) is 6.55. The van der Waals surface area contributed by atoms with E-state index in [1.54, 1.807) is 30.3 Å². The van der Waals surface area contributed by atoms with Crippen LogP contribution in [0.3, 0.4) is 0 Å². The van der Waals surface area contributed by atoms with Crippen molar-refractivity contribution in [2.24, 2.45) is 0 Å². The molecule has 0 spiro atoms. The van der Waals surface area contributed by atoms with E-state index in [4.69, 9.17) is 10.5 Å². The zero-order chi connectivity index (χ0) is 11.4. The lowest BCUT2D eigenvalue weighted by molar-refractivity contribution is 0.288. The third kappa shape index (κ3) is 2.48. The number of ether oxygens (including phenoxy) is 1. The van der Waals surface area contributed by atoms with Crippen molar-refractivity contribution in [1.82, 2.24) is 4.98 Å². The van der Waals surface area contributed by atoms with E-state index in [0.29, 0.717) is 17.1 Å². The van der Waals surface area contributed by atoms with E-state index in [1.165, 1.54) is 12.3 Å². The van der Waals surface area contributed by atoms with Crippen molar-refractivity contribution in [3.8, 4) is 5.88 Å². The molecule has 82 valence electrons. The number of hydrogen-bond donors (Lipinski definition) is 1. The molecule has 4 heteroatoms. The van der Waals surface area contributed by atoms with E-state index >= 15 is 0 Å². The maximum atomic E-state index is 13.2. The molecule has 1 aromatic carbocycles. The minimum Gasteiger partial charge on any atom is -0.473 e. The van der Waals surface area contributed by atoms with Crippen LogP contribution in [0.2, 0.25) is 0 Å². The van der Waals surface area contributed by atoms with Crippen molar-refractivity contribution in [1.29, 1.82) is 0 Å². The first-order valence-electron chi connectivity index (χ1n) is 4.83. The fourth-order valence-corrected chi connectivity index (χ4v) is 1.24. The monoisotopic (exact) mass is 218 g/mol. The highest BCUT2D eigenvalue weighted by Gasteiger charge is 2.01. The number of hydrogen-bond acceptors (Lipinski definition) is 3. The molecule has 0 radical (unpaired) electrons. The van der Waals surface area contributed by atoms with Gasteiger partial charge in [-0.25, -0.2) is 9.37 Å². The average Bonchev–Trinajstić information content (AvgIpc) is 2.30. The maximum absolute atomic E-state index is 13.2. The Bertz CT molecular complexity index is 471. The van der Waals surface area contributed by atoms with Crippen LogP contribution in [0.1, 0.15) is 5.56 Å². The molecular weight excluding hydrogens is 207 g/mol. The van der Waals surface area contributed by atoms with E-state index in [1.807, 2.05) is 0 Å². The number of rotatable bonds is 3. The second-order valence-electron chi connectivity index (χ2n) is 3.31. The molecule has 0 aliphatic rings. The van der Waals surface area contributed by atoms with Gasteiger partial charge in [0.05, 0.1) is 11.9 Å². The van der Waals surface area contributed by atoms with E-state index in [0.717, 1.165) is 0 Å². The van der Waals surface area contributed by atoms with Gasteiger partial charge in [0.1, 0.15) is 12.4 Å². The van der Waals surface area contributed by atoms with E-state index in [9.17, 15) is 4.39 Å². The van der Waals surface area contributed by atoms with Crippen molar-refractivity contribution in [3.63, 3.8) is 0 Å². The number of anilines is 1. The summed E-state index contributed by atoms with van der Waals surface area (Å²) < 4.78 is 18.6. The van der Waals surface area contributed by atoms with Gasteiger partial charge in [0.25, 0.3) is 0 Å². The molecule has 0 saturated heterocycles. The lowest BCUT2D eigenvalue weighted by Gasteiger charge is -2.05. The predicted molar refractivity (Wildman–Crippen MR) is 59.4 cm³/mol. The van der Waals surface area contributed by atoms with Gasteiger partial charge in [0.15, 0.2) is 0 Å². The first kappa shape index (κ1) is 10.4. The highest BCUT2D eigenvalue weighted by Crippen LogP contribution is 2.12. The van der Waals surface area contributed by atoms with Crippen molar-refractivity contribution in [2.45, 2.75) is 6.61 Å². The SMILES string of the molecule is Nc1ccc(OCc2ccccc2F)nc1. The minimum atomic E-state index is -0.280. The van der Waals surface area contributed by atoms with Gasteiger partial charge in [-0.3, -0.25) is 0 Å². The zero-order valence-corrected chi connectivity index (χ0v) is 8.56. The molecule has 16 heavy (non-hydrogen) atoms. The topological polar surface area (TPSA) is 48.1 Å². The Balaban J connectivity index is 2.02. The average molecular weight is 218 g/mol. The van der Waals surface area contributed by atoms with Crippen molar-refractivity contribution < 1.29 is 9.13 Å². The first-order chi connectivity index (χ1) is 7.75. The lowest BCUT2D eigenvalue weighted by atomic mass is 10.2. The Morgan fingerprint density at radius 2 is 2.00 bits per heavy atom. The van der Waals surface area contributed by atoms with Crippen LogP contribution in [-0.2, 0) is 6.61 Å². The van der Waals surface area contributed by atoms with Crippen molar-refractivity contribution in [3.05, 3.63) is 54.0 Å². The molecule has 3 nitrogen and oxygen atoms in total. The van der Waals surface area contributed by atoms with Gasteiger partial charge in [-0.1, -0.05) is 18.2 Å². The molecule has 0 aliphatic heterocycles. The Labute approximate surface area is 92.7 Å². The van der Waals surface area contributed by atoms with Gasteiger partial charge in [-0.2, -0.15) is 0 Å². The van der Waals surface area contributed by atoms with E-state index in [-0.39, 0.29) is 12.4 Å². The lowest BCUT2D eigenvalue weighted by Crippen LogP contribution is -1.99. The second-order valence-corrected chi connectivity index (χ2v) is 3.31. The molecule has 0 atom stereocenters. The highest BCUT2D eigenvalue weighted by molar-refractivity contribution is 5.36. The normalized spacial score (nSPS) is 10.1. The van der Waals surface area contributed by atoms with Crippen LogP contribution in [0.15, 0.2) is 42.6 Å². The van der Waals surface area contributed by atoms with Crippen molar-refractivity contribution >= 4 is 5.69 Å². The number of halogens is 1. The number of aromatic nitrogens is 1. The molecule has 1 heterocycles. The third-order valence-electron chi connectivity index (χ3n) is 2.09. The fraction of sp³-hybridized carbons (Fsp3) is 0.0833. The third-order valence-corrected chi connectivity index (χ3v) is 2.09.